The molecule has 0 amide bonds. The SMILES string of the molecule is Cc1cc(F)c(Br)cc1Nc1ncc(N)cc1C#N. The van der Waals surface area contributed by atoms with Gasteiger partial charge in [-0.3, -0.25) is 0 Å². The number of anilines is 3. The van der Waals surface area contributed by atoms with Gasteiger partial charge in [0.25, 0.3) is 0 Å². The molecule has 2 rings (SSSR count). The van der Waals surface area contributed by atoms with Gasteiger partial charge in [-0.1, -0.05) is 0 Å². The number of pyridine rings is 1. The van der Waals surface area contributed by atoms with Crippen molar-refractivity contribution in [2.24, 2.45) is 0 Å². The van der Waals surface area contributed by atoms with Crippen molar-refractivity contribution in [3.63, 3.8) is 0 Å². The summed E-state index contributed by atoms with van der Waals surface area (Å²) in [5.74, 6) is 0.0483. The fourth-order valence-electron chi connectivity index (χ4n) is 1.57. The Hall–Kier alpha value is -2.13. The highest BCUT2D eigenvalue weighted by molar-refractivity contribution is 9.10. The fourth-order valence-corrected chi connectivity index (χ4v) is 1.92. The van der Waals surface area contributed by atoms with Crippen molar-refractivity contribution in [2.45, 2.75) is 6.92 Å². The molecule has 0 aliphatic carbocycles. The first-order chi connectivity index (χ1) is 9.01. The molecule has 0 radical (unpaired) electrons. The number of nitriles is 1. The van der Waals surface area contributed by atoms with Crippen LogP contribution in [0.25, 0.3) is 0 Å². The van der Waals surface area contributed by atoms with Crippen molar-refractivity contribution in [1.29, 1.82) is 5.26 Å². The van der Waals surface area contributed by atoms with Gasteiger partial charge in [-0.05, 0) is 46.6 Å². The Morgan fingerprint density at radius 1 is 1.42 bits per heavy atom. The summed E-state index contributed by atoms with van der Waals surface area (Å²) in [7, 11) is 0. The summed E-state index contributed by atoms with van der Waals surface area (Å²) in [5, 5.41) is 12.0. The van der Waals surface area contributed by atoms with Crippen molar-refractivity contribution in [2.75, 3.05) is 11.1 Å². The molecule has 1 aromatic heterocycles. The Morgan fingerprint density at radius 2 is 2.16 bits per heavy atom. The molecule has 0 saturated heterocycles. The predicted molar refractivity (Wildman–Crippen MR) is 75.5 cm³/mol. The van der Waals surface area contributed by atoms with Crippen LogP contribution in [-0.2, 0) is 0 Å². The average molecular weight is 321 g/mol. The molecule has 1 heterocycles. The van der Waals surface area contributed by atoms with Crippen LogP contribution in [0.4, 0.5) is 21.6 Å². The van der Waals surface area contributed by atoms with E-state index >= 15 is 0 Å². The van der Waals surface area contributed by atoms with Crippen molar-refractivity contribution in [3.8, 4) is 6.07 Å². The molecule has 2 aromatic rings. The molecule has 0 bridgehead atoms. The number of benzene rings is 1. The molecule has 0 atom stereocenters. The summed E-state index contributed by atoms with van der Waals surface area (Å²) in [6.07, 6.45) is 1.46. The minimum absolute atomic E-state index is 0.333. The highest BCUT2D eigenvalue weighted by atomic mass is 79.9. The topological polar surface area (TPSA) is 74.7 Å². The van der Waals surface area contributed by atoms with Crippen LogP contribution in [0.15, 0.2) is 28.9 Å². The molecule has 3 N–H and O–H groups in total. The molecule has 0 aliphatic heterocycles. The minimum atomic E-state index is -0.339. The van der Waals surface area contributed by atoms with E-state index in [4.69, 9.17) is 11.0 Å². The van der Waals surface area contributed by atoms with Crippen molar-refractivity contribution in [1.82, 2.24) is 4.98 Å². The molecule has 96 valence electrons. The third-order valence-electron chi connectivity index (χ3n) is 2.55. The van der Waals surface area contributed by atoms with Gasteiger partial charge in [0.1, 0.15) is 17.7 Å². The predicted octanol–water partition coefficient (Wildman–Crippen LogP) is 3.49. The second kappa shape index (κ2) is 5.24. The maximum atomic E-state index is 13.3. The molecule has 4 nitrogen and oxygen atoms in total. The second-order valence-corrected chi connectivity index (χ2v) is 4.84. The van der Waals surface area contributed by atoms with Crippen LogP contribution in [0.5, 0.6) is 0 Å². The molecule has 0 saturated carbocycles. The van der Waals surface area contributed by atoms with Crippen molar-refractivity contribution in [3.05, 3.63) is 45.8 Å². The molecule has 6 heteroatoms. The van der Waals surface area contributed by atoms with Crippen LogP contribution in [-0.4, -0.2) is 4.98 Å². The largest absolute Gasteiger partial charge is 0.397 e. The van der Waals surface area contributed by atoms with E-state index in [1.165, 1.54) is 18.3 Å². The Bertz CT molecular complexity index is 679. The number of hydrogen-bond donors (Lipinski definition) is 2. The maximum absolute atomic E-state index is 13.3. The number of halogens is 2. The number of nitrogens with zero attached hydrogens (tertiary/aromatic N) is 2. The monoisotopic (exact) mass is 320 g/mol. The van der Waals surface area contributed by atoms with E-state index in [0.717, 1.165) is 0 Å². The Morgan fingerprint density at radius 3 is 2.84 bits per heavy atom. The standard InChI is InChI=1S/C13H10BrFN4/c1-7-2-11(15)10(14)4-12(7)19-13-8(5-16)3-9(17)6-18-13/h2-4,6H,17H2,1H3,(H,18,19). The van der Waals surface area contributed by atoms with Crippen molar-refractivity contribution < 1.29 is 4.39 Å². The lowest BCUT2D eigenvalue weighted by Gasteiger charge is -2.11. The fraction of sp³-hybridized carbons (Fsp3) is 0.0769. The zero-order valence-electron chi connectivity index (χ0n) is 10.0. The van der Waals surface area contributed by atoms with Crippen LogP contribution in [0.3, 0.4) is 0 Å². The third kappa shape index (κ3) is 2.83. The number of hydrogen-bond acceptors (Lipinski definition) is 4. The first-order valence-corrected chi connectivity index (χ1v) is 6.19. The first kappa shape index (κ1) is 13.3. The Balaban J connectivity index is 2.42. The van der Waals surface area contributed by atoms with Gasteiger partial charge in [-0.15, -0.1) is 0 Å². The lowest BCUT2D eigenvalue weighted by molar-refractivity contribution is 0.620. The molecule has 0 fully saturated rings. The van der Waals surface area contributed by atoms with Gasteiger partial charge in [0.15, 0.2) is 0 Å². The van der Waals surface area contributed by atoms with Crippen molar-refractivity contribution >= 4 is 33.1 Å². The Labute approximate surface area is 118 Å². The van der Waals surface area contributed by atoms with E-state index < -0.39 is 0 Å². The van der Waals surface area contributed by atoms with E-state index in [1.54, 1.807) is 13.0 Å². The number of rotatable bonds is 2. The zero-order valence-corrected chi connectivity index (χ0v) is 11.6. The number of aromatic nitrogens is 1. The molecule has 19 heavy (non-hydrogen) atoms. The molecular weight excluding hydrogens is 311 g/mol. The van der Waals surface area contributed by atoms with Gasteiger partial charge in [-0.25, -0.2) is 9.37 Å². The lowest BCUT2D eigenvalue weighted by atomic mass is 10.2. The zero-order chi connectivity index (χ0) is 14.0. The number of aryl methyl sites for hydroxylation is 1. The normalized spacial score (nSPS) is 10.0. The molecule has 1 aromatic carbocycles. The first-order valence-electron chi connectivity index (χ1n) is 5.39. The molecular formula is C13H10BrFN4. The molecule has 0 spiro atoms. The summed E-state index contributed by atoms with van der Waals surface area (Å²) in [5.41, 5.74) is 7.70. The van der Waals surface area contributed by atoms with Gasteiger partial charge >= 0.3 is 0 Å². The second-order valence-electron chi connectivity index (χ2n) is 3.98. The summed E-state index contributed by atoms with van der Waals surface area (Å²) >= 11 is 3.12. The van der Waals surface area contributed by atoms with Gasteiger partial charge in [-0.2, -0.15) is 5.26 Å². The number of nitrogens with one attached hydrogen (secondary N) is 1. The quantitative estimate of drug-likeness (QED) is 0.888. The smallest absolute Gasteiger partial charge is 0.148 e. The van der Waals surface area contributed by atoms with E-state index in [0.29, 0.717) is 32.8 Å². The molecule has 0 unspecified atom stereocenters. The van der Waals surface area contributed by atoms with E-state index in [2.05, 4.69) is 26.2 Å². The van der Waals surface area contributed by atoms with Crippen LogP contribution >= 0.6 is 15.9 Å². The number of nitrogen functional groups attached to an aromatic ring is 1. The van der Waals surface area contributed by atoms with Crippen LogP contribution in [0.1, 0.15) is 11.1 Å². The van der Waals surface area contributed by atoms with Crippen LogP contribution < -0.4 is 11.1 Å². The van der Waals surface area contributed by atoms with Gasteiger partial charge in [0.2, 0.25) is 0 Å². The average Bonchev–Trinajstić information content (AvgIpc) is 2.37. The van der Waals surface area contributed by atoms with Crippen LogP contribution in [0, 0.1) is 24.1 Å². The highest BCUT2D eigenvalue weighted by Crippen LogP contribution is 2.27. The van der Waals surface area contributed by atoms with E-state index in [1.807, 2.05) is 6.07 Å². The lowest BCUT2D eigenvalue weighted by Crippen LogP contribution is -2.00. The van der Waals surface area contributed by atoms with Gasteiger partial charge in [0, 0.05) is 5.69 Å². The minimum Gasteiger partial charge on any atom is -0.397 e. The van der Waals surface area contributed by atoms with Gasteiger partial charge in [0.05, 0.1) is 21.9 Å². The third-order valence-corrected chi connectivity index (χ3v) is 3.16. The summed E-state index contributed by atoms with van der Waals surface area (Å²) in [6.45, 7) is 1.77. The van der Waals surface area contributed by atoms with E-state index in [9.17, 15) is 4.39 Å². The summed E-state index contributed by atoms with van der Waals surface area (Å²) < 4.78 is 13.7. The summed E-state index contributed by atoms with van der Waals surface area (Å²) in [6, 6.07) is 6.54. The maximum Gasteiger partial charge on any atom is 0.148 e. The number of nitrogens with two attached hydrogens (primary N) is 1. The van der Waals surface area contributed by atoms with Crippen LogP contribution in [0.2, 0.25) is 0 Å². The van der Waals surface area contributed by atoms with Gasteiger partial charge < -0.3 is 11.1 Å². The summed E-state index contributed by atoms with van der Waals surface area (Å²) in [4.78, 5) is 4.07. The highest BCUT2D eigenvalue weighted by Gasteiger charge is 2.09. The Kier molecular flexibility index (Phi) is 3.67. The van der Waals surface area contributed by atoms with E-state index in [-0.39, 0.29) is 5.82 Å². The molecule has 0 aliphatic rings.